The maximum Gasteiger partial charge on any atom is 0.133 e. The van der Waals surface area contributed by atoms with Crippen molar-refractivity contribution in [3.05, 3.63) is 23.9 Å². The van der Waals surface area contributed by atoms with Gasteiger partial charge in [-0.2, -0.15) is 0 Å². The van der Waals surface area contributed by atoms with Gasteiger partial charge in [-0.25, -0.2) is 4.98 Å². The standard InChI is InChI=1S/C11H19N3O/c1-9(2)14(6-7-15)11-10(8-12)4-3-5-13-11/h3-5,9,15H,6-8,12H2,1-2H3. The van der Waals surface area contributed by atoms with Crippen molar-refractivity contribution < 1.29 is 5.11 Å². The Hall–Kier alpha value is -1.13. The fourth-order valence-corrected chi connectivity index (χ4v) is 1.56. The Morgan fingerprint density at radius 2 is 2.27 bits per heavy atom. The van der Waals surface area contributed by atoms with Gasteiger partial charge in [0.15, 0.2) is 0 Å². The third kappa shape index (κ3) is 2.91. The van der Waals surface area contributed by atoms with Gasteiger partial charge in [-0.3, -0.25) is 0 Å². The molecule has 0 aromatic carbocycles. The van der Waals surface area contributed by atoms with Crippen LogP contribution in [0.5, 0.6) is 0 Å². The summed E-state index contributed by atoms with van der Waals surface area (Å²) in [6, 6.07) is 4.15. The molecule has 1 heterocycles. The van der Waals surface area contributed by atoms with Crippen LogP contribution < -0.4 is 10.6 Å². The van der Waals surface area contributed by atoms with E-state index < -0.39 is 0 Å². The highest BCUT2D eigenvalue weighted by Crippen LogP contribution is 2.18. The van der Waals surface area contributed by atoms with Crippen LogP contribution in [0.25, 0.3) is 0 Å². The molecular formula is C11H19N3O. The van der Waals surface area contributed by atoms with E-state index in [1.807, 2.05) is 12.1 Å². The van der Waals surface area contributed by atoms with Gasteiger partial charge in [0.2, 0.25) is 0 Å². The van der Waals surface area contributed by atoms with Crippen LogP contribution in [0.4, 0.5) is 5.82 Å². The van der Waals surface area contributed by atoms with Crippen LogP contribution in [0.15, 0.2) is 18.3 Å². The van der Waals surface area contributed by atoms with Crippen molar-refractivity contribution in [2.45, 2.75) is 26.4 Å². The zero-order valence-electron chi connectivity index (χ0n) is 9.35. The molecular weight excluding hydrogens is 190 g/mol. The van der Waals surface area contributed by atoms with E-state index in [4.69, 9.17) is 10.8 Å². The minimum absolute atomic E-state index is 0.124. The summed E-state index contributed by atoms with van der Waals surface area (Å²) in [4.78, 5) is 6.38. The summed E-state index contributed by atoms with van der Waals surface area (Å²) in [7, 11) is 0. The van der Waals surface area contributed by atoms with Crippen LogP contribution in [0.1, 0.15) is 19.4 Å². The molecule has 3 N–H and O–H groups in total. The van der Waals surface area contributed by atoms with Crippen LogP contribution in [-0.4, -0.2) is 29.3 Å². The largest absolute Gasteiger partial charge is 0.395 e. The van der Waals surface area contributed by atoms with Crippen molar-refractivity contribution in [3.8, 4) is 0 Å². The van der Waals surface area contributed by atoms with E-state index in [1.165, 1.54) is 0 Å². The van der Waals surface area contributed by atoms with Crippen molar-refractivity contribution in [3.63, 3.8) is 0 Å². The second-order valence-corrected chi connectivity index (χ2v) is 3.70. The Balaban J connectivity index is 2.98. The Morgan fingerprint density at radius 3 is 2.80 bits per heavy atom. The molecule has 0 fully saturated rings. The van der Waals surface area contributed by atoms with Crippen LogP contribution in [0.2, 0.25) is 0 Å². The molecule has 15 heavy (non-hydrogen) atoms. The summed E-state index contributed by atoms with van der Waals surface area (Å²) in [5, 5.41) is 9.01. The highest BCUT2D eigenvalue weighted by molar-refractivity contribution is 5.47. The first-order valence-electron chi connectivity index (χ1n) is 5.22. The fraction of sp³-hybridized carbons (Fsp3) is 0.545. The zero-order chi connectivity index (χ0) is 11.3. The summed E-state index contributed by atoms with van der Waals surface area (Å²) in [6.45, 7) is 5.33. The van der Waals surface area contributed by atoms with Gasteiger partial charge >= 0.3 is 0 Å². The second kappa shape index (κ2) is 5.68. The van der Waals surface area contributed by atoms with Gasteiger partial charge in [-0.1, -0.05) is 6.07 Å². The Morgan fingerprint density at radius 1 is 1.53 bits per heavy atom. The molecule has 0 atom stereocenters. The predicted molar refractivity (Wildman–Crippen MR) is 61.7 cm³/mol. The SMILES string of the molecule is CC(C)N(CCO)c1ncccc1CN. The molecule has 1 rings (SSSR count). The van der Waals surface area contributed by atoms with E-state index >= 15 is 0 Å². The van der Waals surface area contributed by atoms with E-state index in [2.05, 4.69) is 23.7 Å². The molecule has 0 aliphatic rings. The van der Waals surface area contributed by atoms with E-state index in [0.717, 1.165) is 11.4 Å². The van der Waals surface area contributed by atoms with Crippen molar-refractivity contribution in [2.75, 3.05) is 18.1 Å². The molecule has 0 amide bonds. The lowest BCUT2D eigenvalue weighted by Gasteiger charge is -2.28. The first kappa shape index (κ1) is 11.9. The molecule has 0 aliphatic carbocycles. The quantitative estimate of drug-likeness (QED) is 0.751. The number of rotatable bonds is 5. The zero-order valence-corrected chi connectivity index (χ0v) is 9.35. The molecule has 0 bridgehead atoms. The van der Waals surface area contributed by atoms with Crippen LogP contribution in [0.3, 0.4) is 0 Å². The Kier molecular flexibility index (Phi) is 4.52. The van der Waals surface area contributed by atoms with E-state index in [0.29, 0.717) is 19.1 Å². The minimum atomic E-state index is 0.124. The molecule has 84 valence electrons. The Bertz CT molecular complexity index is 302. The summed E-state index contributed by atoms with van der Waals surface area (Å²) in [6.07, 6.45) is 1.75. The monoisotopic (exact) mass is 209 g/mol. The van der Waals surface area contributed by atoms with Gasteiger partial charge < -0.3 is 15.7 Å². The number of aromatic nitrogens is 1. The lowest BCUT2D eigenvalue weighted by Crippen LogP contribution is -2.35. The minimum Gasteiger partial charge on any atom is -0.395 e. The normalized spacial score (nSPS) is 10.7. The number of hydrogen-bond acceptors (Lipinski definition) is 4. The number of anilines is 1. The van der Waals surface area contributed by atoms with Gasteiger partial charge in [-0.15, -0.1) is 0 Å². The van der Waals surface area contributed by atoms with Crippen LogP contribution >= 0.6 is 0 Å². The summed E-state index contributed by atoms with van der Waals surface area (Å²) in [5.41, 5.74) is 6.67. The first-order valence-corrected chi connectivity index (χ1v) is 5.22. The smallest absolute Gasteiger partial charge is 0.133 e. The first-order chi connectivity index (χ1) is 7.20. The van der Waals surface area contributed by atoms with Gasteiger partial charge in [0.25, 0.3) is 0 Å². The van der Waals surface area contributed by atoms with Crippen molar-refractivity contribution in [1.82, 2.24) is 4.98 Å². The van der Waals surface area contributed by atoms with Crippen molar-refractivity contribution >= 4 is 5.82 Å². The lowest BCUT2D eigenvalue weighted by molar-refractivity contribution is 0.298. The predicted octanol–water partition coefficient (Wildman–Crippen LogP) is 0.747. The van der Waals surface area contributed by atoms with Gasteiger partial charge in [-0.05, 0) is 19.9 Å². The molecule has 0 radical (unpaired) electrons. The van der Waals surface area contributed by atoms with Gasteiger partial charge in [0, 0.05) is 30.9 Å². The highest BCUT2D eigenvalue weighted by Gasteiger charge is 2.13. The summed E-state index contributed by atoms with van der Waals surface area (Å²) >= 11 is 0. The maximum atomic E-state index is 9.01. The molecule has 0 aliphatic heterocycles. The lowest BCUT2D eigenvalue weighted by atomic mass is 10.2. The van der Waals surface area contributed by atoms with Gasteiger partial charge in [0.1, 0.15) is 5.82 Å². The number of nitrogens with zero attached hydrogens (tertiary/aromatic N) is 2. The molecule has 0 saturated carbocycles. The van der Waals surface area contributed by atoms with E-state index in [9.17, 15) is 0 Å². The number of hydrogen-bond donors (Lipinski definition) is 2. The van der Waals surface area contributed by atoms with E-state index in [-0.39, 0.29) is 6.61 Å². The molecule has 1 aromatic rings. The van der Waals surface area contributed by atoms with Gasteiger partial charge in [0.05, 0.1) is 6.61 Å². The molecule has 1 aromatic heterocycles. The number of nitrogens with two attached hydrogens (primary N) is 1. The van der Waals surface area contributed by atoms with E-state index in [1.54, 1.807) is 6.20 Å². The summed E-state index contributed by atoms with van der Waals surface area (Å²) in [5.74, 6) is 0.879. The fourth-order valence-electron chi connectivity index (χ4n) is 1.56. The molecule has 4 nitrogen and oxygen atoms in total. The number of pyridine rings is 1. The highest BCUT2D eigenvalue weighted by atomic mass is 16.3. The van der Waals surface area contributed by atoms with Crippen LogP contribution in [0, 0.1) is 0 Å². The molecule has 0 saturated heterocycles. The number of aliphatic hydroxyl groups is 1. The topological polar surface area (TPSA) is 62.4 Å². The average molecular weight is 209 g/mol. The third-order valence-corrected chi connectivity index (χ3v) is 2.32. The second-order valence-electron chi connectivity index (χ2n) is 3.70. The number of aliphatic hydroxyl groups excluding tert-OH is 1. The van der Waals surface area contributed by atoms with Crippen molar-refractivity contribution in [1.29, 1.82) is 0 Å². The molecule has 0 spiro atoms. The maximum absolute atomic E-state index is 9.01. The molecule has 0 unspecified atom stereocenters. The molecule has 4 heteroatoms. The average Bonchev–Trinajstić information content (AvgIpc) is 2.25. The third-order valence-electron chi connectivity index (χ3n) is 2.32. The Labute approximate surface area is 90.7 Å². The summed E-state index contributed by atoms with van der Waals surface area (Å²) < 4.78 is 0. The van der Waals surface area contributed by atoms with Crippen LogP contribution in [-0.2, 0) is 6.54 Å². The van der Waals surface area contributed by atoms with Crippen molar-refractivity contribution in [2.24, 2.45) is 5.73 Å².